The first-order valence-corrected chi connectivity index (χ1v) is 9.79. The van der Waals surface area contributed by atoms with Crippen LogP contribution >= 0.6 is 9.24 Å². The van der Waals surface area contributed by atoms with Crippen LogP contribution in [0.3, 0.4) is 0 Å². The van der Waals surface area contributed by atoms with Gasteiger partial charge >= 0.3 is 0 Å². The third-order valence-electron chi connectivity index (χ3n) is 3.90. The highest BCUT2D eigenvalue weighted by molar-refractivity contribution is 7.17. The fraction of sp³-hybridized carbons (Fsp3) is 0.933. The van der Waals surface area contributed by atoms with Crippen molar-refractivity contribution in [2.24, 2.45) is 10.2 Å². The van der Waals surface area contributed by atoms with Gasteiger partial charge in [-0.2, -0.15) is 0 Å². The lowest BCUT2D eigenvalue weighted by atomic mass is 9.89. The summed E-state index contributed by atoms with van der Waals surface area (Å²) < 4.78 is 11.3. The van der Waals surface area contributed by atoms with Crippen LogP contribution < -0.4 is 5.32 Å². The molecule has 0 aromatic heterocycles. The third-order valence-corrected chi connectivity index (χ3v) is 4.03. The summed E-state index contributed by atoms with van der Waals surface area (Å²) in [6.07, 6.45) is -5.62. The summed E-state index contributed by atoms with van der Waals surface area (Å²) in [5, 5.41) is 48.1. The highest BCUT2D eigenvalue weighted by atomic mass is 31.0. The summed E-state index contributed by atoms with van der Waals surface area (Å²) >= 11 is 0. The Hall–Kier alpha value is -1.72. The molecule has 1 rings (SSSR count). The fourth-order valence-electron chi connectivity index (χ4n) is 2.78. The van der Waals surface area contributed by atoms with Crippen LogP contribution in [-0.4, -0.2) is 88.1 Å². The maximum atomic E-state index is 11.8. The molecule has 0 radical (unpaired) electrons. The molecule has 1 aliphatic heterocycles. The van der Waals surface area contributed by atoms with Crippen molar-refractivity contribution in [2.45, 2.75) is 69.3 Å². The van der Waals surface area contributed by atoms with Crippen LogP contribution in [0, 0.1) is 0 Å². The first-order chi connectivity index (χ1) is 14.0. The van der Waals surface area contributed by atoms with Crippen molar-refractivity contribution < 1.29 is 34.7 Å². The normalized spacial score (nSPS) is 28.5. The molecular formula is C15H30N7O7P. The van der Waals surface area contributed by atoms with Crippen LogP contribution in [0.4, 0.5) is 0 Å². The molecule has 0 bridgehead atoms. The second-order valence-corrected chi connectivity index (χ2v) is 7.52. The number of carbonyl (C=O) groups excluding carboxylic acids is 1. The zero-order chi connectivity index (χ0) is 23.3. The second-order valence-electron chi connectivity index (χ2n) is 6.58. The average Bonchev–Trinajstić information content (AvgIpc) is 2.67. The number of amides is 1. The van der Waals surface area contributed by atoms with Gasteiger partial charge in [0.2, 0.25) is 5.91 Å². The average molecular weight is 451 g/mol. The van der Waals surface area contributed by atoms with E-state index in [1.165, 1.54) is 0 Å². The molecular weight excluding hydrogens is 421 g/mol. The van der Waals surface area contributed by atoms with Gasteiger partial charge in [-0.15, -0.1) is 9.24 Å². The SMILES string of the molecule is CC(P)OC1(C)CC(O)C(NC(=O)CN=[N+]=[N-])C(C(O)C(O)CO)O1.CCN=[N+]=[N-]. The van der Waals surface area contributed by atoms with Crippen molar-refractivity contribution in [3.05, 3.63) is 20.9 Å². The molecule has 172 valence electrons. The maximum Gasteiger partial charge on any atom is 0.226 e. The number of hydrogen-bond acceptors (Lipinski definition) is 9. The van der Waals surface area contributed by atoms with Gasteiger partial charge in [0.25, 0.3) is 0 Å². The van der Waals surface area contributed by atoms with Gasteiger partial charge in [-0.25, -0.2) is 0 Å². The van der Waals surface area contributed by atoms with Crippen LogP contribution in [0.25, 0.3) is 20.9 Å². The lowest BCUT2D eigenvalue weighted by Gasteiger charge is -2.47. The Morgan fingerprint density at radius 2 is 2.00 bits per heavy atom. The van der Waals surface area contributed by atoms with Crippen molar-refractivity contribution in [2.75, 3.05) is 19.7 Å². The molecule has 0 spiro atoms. The molecule has 8 unspecified atom stereocenters. The summed E-state index contributed by atoms with van der Waals surface area (Å²) in [7, 11) is 2.40. The molecule has 0 aliphatic carbocycles. The van der Waals surface area contributed by atoms with Gasteiger partial charge in [0.15, 0.2) is 5.79 Å². The Balaban J connectivity index is 0.00000150. The first-order valence-electron chi connectivity index (χ1n) is 9.12. The van der Waals surface area contributed by atoms with E-state index in [0.717, 1.165) is 0 Å². The van der Waals surface area contributed by atoms with Crippen LogP contribution in [0.1, 0.15) is 27.2 Å². The Kier molecular flexibility index (Phi) is 13.5. The predicted octanol–water partition coefficient (Wildman–Crippen LogP) is -0.0841. The summed E-state index contributed by atoms with van der Waals surface area (Å²) in [5.74, 6) is -2.30. The minimum absolute atomic E-state index is 0.0172. The monoisotopic (exact) mass is 451 g/mol. The molecule has 1 saturated heterocycles. The molecule has 0 aromatic carbocycles. The van der Waals surface area contributed by atoms with E-state index >= 15 is 0 Å². The number of ether oxygens (including phenoxy) is 2. The number of rotatable bonds is 9. The summed E-state index contributed by atoms with van der Waals surface area (Å²) in [6.45, 7) is 4.39. The molecule has 30 heavy (non-hydrogen) atoms. The number of hydrogen-bond donors (Lipinski definition) is 5. The van der Waals surface area contributed by atoms with Crippen molar-refractivity contribution in [3.8, 4) is 0 Å². The number of azide groups is 2. The summed E-state index contributed by atoms with van der Waals surface area (Å²) in [6, 6.07) is -1.10. The van der Waals surface area contributed by atoms with Crippen molar-refractivity contribution in [3.63, 3.8) is 0 Å². The lowest BCUT2D eigenvalue weighted by Crippen LogP contribution is -2.66. The topological polar surface area (TPSA) is 226 Å². The van der Waals surface area contributed by atoms with E-state index in [4.69, 9.17) is 25.6 Å². The van der Waals surface area contributed by atoms with E-state index in [0.29, 0.717) is 6.54 Å². The van der Waals surface area contributed by atoms with E-state index < -0.39 is 55.3 Å². The molecule has 5 N–H and O–H groups in total. The van der Waals surface area contributed by atoms with Crippen molar-refractivity contribution in [1.82, 2.24) is 5.32 Å². The number of nitrogens with zero attached hydrogens (tertiary/aromatic N) is 6. The van der Waals surface area contributed by atoms with Gasteiger partial charge < -0.3 is 35.2 Å². The van der Waals surface area contributed by atoms with Crippen LogP contribution in [0.2, 0.25) is 0 Å². The Labute approximate surface area is 176 Å². The van der Waals surface area contributed by atoms with Gasteiger partial charge in [-0.05, 0) is 24.9 Å². The summed E-state index contributed by atoms with van der Waals surface area (Å²) in [5.41, 5.74) is 15.8. The predicted molar refractivity (Wildman–Crippen MR) is 109 cm³/mol. The molecule has 0 aromatic rings. The lowest BCUT2D eigenvalue weighted by molar-refractivity contribution is -0.314. The largest absolute Gasteiger partial charge is 0.394 e. The molecule has 14 nitrogen and oxygen atoms in total. The zero-order valence-electron chi connectivity index (χ0n) is 17.1. The van der Waals surface area contributed by atoms with Gasteiger partial charge in [0.1, 0.15) is 24.9 Å². The highest BCUT2D eigenvalue weighted by Crippen LogP contribution is 2.34. The Morgan fingerprint density at radius 3 is 2.43 bits per heavy atom. The molecule has 8 atom stereocenters. The molecule has 1 fully saturated rings. The first kappa shape index (κ1) is 28.3. The quantitative estimate of drug-likeness (QED) is 0.138. The molecule has 0 saturated carbocycles. The maximum absolute atomic E-state index is 11.8. The van der Waals surface area contributed by atoms with E-state index in [-0.39, 0.29) is 12.3 Å². The van der Waals surface area contributed by atoms with E-state index in [1.807, 2.05) is 0 Å². The van der Waals surface area contributed by atoms with Gasteiger partial charge in [-0.3, -0.25) is 4.79 Å². The van der Waals surface area contributed by atoms with Crippen molar-refractivity contribution in [1.29, 1.82) is 0 Å². The number of aliphatic hydroxyl groups excluding tert-OH is 4. The zero-order valence-corrected chi connectivity index (χ0v) is 18.2. The standard InChI is InChI=1S/C13H25N4O7P.C2H5N3/c1-6(25)23-13(2)3-7(19)10(16-9(21)4-15-17-14)12(24-13)11(22)8(20)5-18;1-2-4-5-3/h6-8,10-12,18-20,22H,3-5,25H2,1-2H3,(H,16,21);2H2,1H3. The molecule has 1 aliphatic rings. The van der Waals surface area contributed by atoms with E-state index in [2.05, 4.69) is 34.6 Å². The smallest absolute Gasteiger partial charge is 0.226 e. The van der Waals surface area contributed by atoms with E-state index in [1.54, 1.807) is 20.8 Å². The molecule has 1 amide bonds. The number of carbonyl (C=O) groups is 1. The fourth-order valence-corrected chi connectivity index (χ4v) is 3.07. The Morgan fingerprint density at radius 1 is 1.40 bits per heavy atom. The van der Waals surface area contributed by atoms with Crippen LogP contribution in [0.15, 0.2) is 10.2 Å². The van der Waals surface area contributed by atoms with E-state index in [9.17, 15) is 20.1 Å². The minimum Gasteiger partial charge on any atom is -0.394 e. The van der Waals surface area contributed by atoms with Gasteiger partial charge in [0, 0.05) is 22.8 Å². The van der Waals surface area contributed by atoms with Gasteiger partial charge in [0.05, 0.1) is 24.6 Å². The number of nitrogens with one attached hydrogen (secondary N) is 1. The van der Waals surface area contributed by atoms with Gasteiger partial charge in [-0.1, -0.05) is 17.2 Å². The third kappa shape index (κ3) is 9.86. The Bertz CT molecular complexity index is 630. The number of aliphatic hydroxyl groups is 4. The molecule has 1 heterocycles. The van der Waals surface area contributed by atoms with Crippen molar-refractivity contribution >= 4 is 15.1 Å². The van der Waals surface area contributed by atoms with Crippen LogP contribution in [-0.2, 0) is 14.3 Å². The van der Waals surface area contributed by atoms with Crippen LogP contribution in [0.5, 0.6) is 0 Å². The second kappa shape index (κ2) is 14.3. The summed E-state index contributed by atoms with van der Waals surface area (Å²) in [4.78, 5) is 16.7. The highest BCUT2D eigenvalue weighted by Gasteiger charge is 2.49. The molecule has 15 heteroatoms. The minimum atomic E-state index is -1.60.